The summed E-state index contributed by atoms with van der Waals surface area (Å²) in [6.07, 6.45) is 4.75. The molecule has 1 heterocycles. The Bertz CT molecular complexity index is 564. The van der Waals surface area contributed by atoms with Crippen molar-refractivity contribution in [3.05, 3.63) is 59.9 Å². The lowest BCUT2D eigenvalue weighted by molar-refractivity contribution is 0.0977. The van der Waals surface area contributed by atoms with Gasteiger partial charge in [0.25, 0.3) is 0 Å². The van der Waals surface area contributed by atoms with Crippen LogP contribution >= 0.6 is 0 Å². The topological polar surface area (TPSA) is 39.2 Å². The molecule has 0 aliphatic heterocycles. The molecule has 0 radical (unpaired) electrons. The van der Waals surface area contributed by atoms with Crippen molar-refractivity contribution in [1.82, 2.24) is 4.98 Å². The van der Waals surface area contributed by atoms with Gasteiger partial charge in [0.2, 0.25) is 0 Å². The largest absolute Gasteiger partial charge is 0.490 e. The number of hydrogen-bond acceptors (Lipinski definition) is 3. The lowest BCUT2D eigenvalue weighted by Gasteiger charge is -2.13. The molecule has 0 atom stereocenters. The van der Waals surface area contributed by atoms with E-state index in [2.05, 4.69) is 4.98 Å². The van der Waals surface area contributed by atoms with E-state index in [1.165, 1.54) is 0 Å². The van der Waals surface area contributed by atoms with Crippen LogP contribution in [0.2, 0.25) is 0 Å². The molecule has 3 heteroatoms. The Balaban J connectivity index is 2.05. The van der Waals surface area contributed by atoms with E-state index in [0.717, 1.165) is 5.56 Å². The Morgan fingerprint density at radius 3 is 2.70 bits per heavy atom. The molecular weight excluding hydrogens is 250 g/mol. The van der Waals surface area contributed by atoms with E-state index in [1.807, 2.05) is 50.2 Å². The first kappa shape index (κ1) is 14.3. The van der Waals surface area contributed by atoms with Gasteiger partial charge in [-0.1, -0.05) is 18.2 Å². The Labute approximate surface area is 119 Å². The third kappa shape index (κ3) is 3.92. The minimum atomic E-state index is 0.0577. The number of Topliss-reactive ketones (excluding diaryl/α,β-unsaturated/α-hetero) is 1. The summed E-state index contributed by atoms with van der Waals surface area (Å²) < 4.78 is 5.69. The number of ether oxygens (including phenoxy) is 1. The number of rotatable bonds is 6. The first-order valence-corrected chi connectivity index (χ1v) is 6.84. The van der Waals surface area contributed by atoms with Crippen molar-refractivity contribution in [2.45, 2.75) is 32.8 Å². The standard InChI is InChI=1S/C17H19NO2/c1-13(2)20-17-8-4-3-7-15(17)16(19)10-9-14-6-5-11-18-12-14/h3-8,11-13H,9-10H2,1-2H3. The zero-order chi connectivity index (χ0) is 14.4. The van der Waals surface area contributed by atoms with Crippen LogP contribution in [-0.2, 0) is 6.42 Å². The summed E-state index contributed by atoms with van der Waals surface area (Å²) in [5.74, 6) is 0.767. The lowest BCUT2D eigenvalue weighted by Crippen LogP contribution is -2.10. The van der Waals surface area contributed by atoms with Gasteiger partial charge in [0.15, 0.2) is 5.78 Å². The minimum Gasteiger partial charge on any atom is -0.490 e. The Kier molecular flexibility index (Phi) is 4.88. The van der Waals surface area contributed by atoms with Crippen molar-refractivity contribution in [2.24, 2.45) is 0 Å². The summed E-state index contributed by atoms with van der Waals surface area (Å²) >= 11 is 0. The number of hydrogen-bond donors (Lipinski definition) is 0. The number of aromatic nitrogens is 1. The minimum absolute atomic E-state index is 0.0577. The summed E-state index contributed by atoms with van der Waals surface area (Å²) in [5.41, 5.74) is 1.73. The van der Waals surface area contributed by atoms with Crippen LogP contribution in [0.25, 0.3) is 0 Å². The Morgan fingerprint density at radius 2 is 2.00 bits per heavy atom. The van der Waals surface area contributed by atoms with Gasteiger partial charge in [-0.2, -0.15) is 0 Å². The summed E-state index contributed by atoms with van der Waals surface area (Å²) in [4.78, 5) is 16.4. The average Bonchev–Trinajstić information content (AvgIpc) is 2.46. The van der Waals surface area contributed by atoms with Crippen LogP contribution in [0, 0.1) is 0 Å². The molecule has 2 rings (SSSR count). The van der Waals surface area contributed by atoms with E-state index in [0.29, 0.717) is 24.2 Å². The average molecular weight is 269 g/mol. The van der Waals surface area contributed by atoms with Gasteiger partial charge < -0.3 is 4.74 Å². The van der Waals surface area contributed by atoms with Crippen LogP contribution in [0.4, 0.5) is 0 Å². The maximum absolute atomic E-state index is 12.3. The normalized spacial score (nSPS) is 10.6. The van der Waals surface area contributed by atoms with E-state index in [9.17, 15) is 4.79 Å². The molecule has 0 amide bonds. The highest BCUT2D eigenvalue weighted by atomic mass is 16.5. The van der Waals surface area contributed by atoms with Gasteiger partial charge in [-0.25, -0.2) is 0 Å². The number of aryl methyl sites for hydroxylation is 1. The molecule has 0 unspecified atom stereocenters. The molecule has 20 heavy (non-hydrogen) atoms. The Morgan fingerprint density at radius 1 is 1.20 bits per heavy atom. The van der Waals surface area contributed by atoms with E-state index >= 15 is 0 Å². The molecule has 0 saturated heterocycles. The highest BCUT2D eigenvalue weighted by Gasteiger charge is 2.13. The van der Waals surface area contributed by atoms with Gasteiger partial charge in [0, 0.05) is 18.8 Å². The maximum Gasteiger partial charge on any atom is 0.166 e. The van der Waals surface area contributed by atoms with E-state index < -0.39 is 0 Å². The number of carbonyl (C=O) groups excluding carboxylic acids is 1. The SMILES string of the molecule is CC(C)Oc1ccccc1C(=O)CCc1cccnc1. The second-order valence-corrected chi connectivity index (χ2v) is 4.95. The molecule has 0 spiro atoms. The molecule has 104 valence electrons. The molecular formula is C17H19NO2. The highest BCUT2D eigenvalue weighted by molar-refractivity contribution is 5.98. The molecule has 0 bridgehead atoms. The lowest BCUT2D eigenvalue weighted by atomic mass is 10.0. The van der Waals surface area contributed by atoms with Gasteiger partial charge in [-0.3, -0.25) is 9.78 Å². The van der Waals surface area contributed by atoms with Crippen LogP contribution in [0.5, 0.6) is 5.75 Å². The van der Waals surface area contributed by atoms with Crippen LogP contribution in [0.1, 0.15) is 36.2 Å². The second-order valence-electron chi connectivity index (χ2n) is 4.95. The molecule has 0 aliphatic carbocycles. The van der Waals surface area contributed by atoms with Crippen molar-refractivity contribution in [2.75, 3.05) is 0 Å². The molecule has 2 aromatic rings. The fraction of sp³-hybridized carbons (Fsp3) is 0.294. The molecule has 0 saturated carbocycles. The number of pyridine rings is 1. The quantitative estimate of drug-likeness (QED) is 0.751. The van der Waals surface area contributed by atoms with Crippen LogP contribution in [0.3, 0.4) is 0 Å². The molecule has 1 aromatic carbocycles. The molecule has 0 fully saturated rings. The van der Waals surface area contributed by atoms with E-state index in [4.69, 9.17) is 4.74 Å². The summed E-state index contributed by atoms with van der Waals surface area (Å²) in [7, 11) is 0. The molecule has 0 N–H and O–H groups in total. The highest BCUT2D eigenvalue weighted by Crippen LogP contribution is 2.21. The number of benzene rings is 1. The van der Waals surface area contributed by atoms with Crippen LogP contribution < -0.4 is 4.74 Å². The van der Waals surface area contributed by atoms with Crippen molar-refractivity contribution < 1.29 is 9.53 Å². The van der Waals surface area contributed by atoms with Gasteiger partial charge >= 0.3 is 0 Å². The van der Waals surface area contributed by atoms with Gasteiger partial charge in [0.05, 0.1) is 11.7 Å². The first-order chi connectivity index (χ1) is 9.66. The Hall–Kier alpha value is -2.16. The number of carbonyl (C=O) groups is 1. The number of para-hydroxylation sites is 1. The molecule has 1 aromatic heterocycles. The fourth-order valence-electron chi connectivity index (χ4n) is 1.99. The van der Waals surface area contributed by atoms with Crippen molar-refractivity contribution in [3.8, 4) is 5.75 Å². The van der Waals surface area contributed by atoms with E-state index in [-0.39, 0.29) is 11.9 Å². The van der Waals surface area contributed by atoms with E-state index in [1.54, 1.807) is 12.4 Å². The number of ketones is 1. The van der Waals surface area contributed by atoms with Crippen LogP contribution in [-0.4, -0.2) is 16.9 Å². The summed E-state index contributed by atoms with van der Waals surface area (Å²) in [6, 6.07) is 11.3. The van der Waals surface area contributed by atoms with Crippen LogP contribution in [0.15, 0.2) is 48.8 Å². The predicted octanol–water partition coefficient (Wildman–Crippen LogP) is 3.68. The summed E-state index contributed by atoms with van der Waals surface area (Å²) in [5, 5.41) is 0. The van der Waals surface area contributed by atoms with Crippen molar-refractivity contribution in [1.29, 1.82) is 0 Å². The predicted molar refractivity (Wildman–Crippen MR) is 79.1 cm³/mol. The summed E-state index contributed by atoms with van der Waals surface area (Å²) in [6.45, 7) is 3.91. The third-order valence-corrected chi connectivity index (χ3v) is 2.91. The molecule has 0 aliphatic rings. The second kappa shape index (κ2) is 6.85. The van der Waals surface area contributed by atoms with Gasteiger partial charge in [-0.15, -0.1) is 0 Å². The fourth-order valence-corrected chi connectivity index (χ4v) is 1.99. The smallest absolute Gasteiger partial charge is 0.166 e. The van der Waals surface area contributed by atoms with Gasteiger partial charge in [0.1, 0.15) is 5.75 Å². The molecule has 3 nitrogen and oxygen atoms in total. The first-order valence-electron chi connectivity index (χ1n) is 6.84. The van der Waals surface area contributed by atoms with Crippen molar-refractivity contribution >= 4 is 5.78 Å². The number of nitrogens with zero attached hydrogens (tertiary/aromatic N) is 1. The third-order valence-electron chi connectivity index (χ3n) is 2.91. The monoisotopic (exact) mass is 269 g/mol. The zero-order valence-corrected chi connectivity index (χ0v) is 11.9. The zero-order valence-electron chi connectivity index (χ0n) is 11.9. The maximum atomic E-state index is 12.3. The van der Waals surface area contributed by atoms with Crippen molar-refractivity contribution in [3.63, 3.8) is 0 Å². The van der Waals surface area contributed by atoms with Gasteiger partial charge in [-0.05, 0) is 44.0 Å².